The van der Waals surface area contributed by atoms with Crippen LogP contribution in [0.1, 0.15) is 105 Å². The van der Waals surface area contributed by atoms with Gasteiger partial charge in [0.2, 0.25) is 0 Å². The average Bonchev–Trinajstić information content (AvgIpc) is 2.69. The van der Waals surface area contributed by atoms with Crippen molar-refractivity contribution in [3.8, 4) is 0 Å². The number of nitrogens with zero attached hydrogens (tertiary/aromatic N) is 1. The lowest BCUT2D eigenvalue weighted by atomic mass is 10.1. The Balaban J connectivity index is 3.57. The van der Waals surface area contributed by atoms with E-state index in [4.69, 9.17) is 9.05 Å². The Kier molecular flexibility index (Phi) is 17.9. The van der Waals surface area contributed by atoms with Crippen molar-refractivity contribution in [2.75, 3.05) is 39.4 Å². The molecule has 0 aliphatic carbocycles. The second-order valence-corrected chi connectivity index (χ2v) is 9.49. The van der Waals surface area contributed by atoms with E-state index in [0.29, 0.717) is 6.61 Å². The van der Waals surface area contributed by atoms with Gasteiger partial charge in [-0.05, 0) is 27.2 Å². The van der Waals surface area contributed by atoms with Crippen LogP contribution in [0.15, 0.2) is 0 Å². The highest BCUT2D eigenvalue weighted by Crippen LogP contribution is 2.43. The molecule has 0 spiro atoms. The molecule has 0 bridgehead atoms. The van der Waals surface area contributed by atoms with Crippen LogP contribution in [0.3, 0.4) is 0 Å². The van der Waals surface area contributed by atoms with Gasteiger partial charge in [-0.1, -0.05) is 77.6 Å². The minimum atomic E-state index is -3.90. The molecule has 1 unspecified atom stereocenters. The maximum atomic E-state index is 12.0. The quantitative estimate of drug-likeness (QED) is 0.127. The number of hydrogen-bond donors (Lipinski definition) is 1. The lowest BCUT2D eigenvalue weighted by molar-refractivity contribution is -0.923. The Bertz CT molecular complexity index is 380. The van der Waals surface area contributed by atoms with Gasteiger partial charge in [0.1, 0.15) is 13.2 Å². The second kappa shape index (κ2) is 17.9. The van der Waals surface area contributed by atoms with Crippen molar-refractivity contribution in [1.29, 1.82) is 0 Å². The summed E-state index contributed by atoms with van der Waals surface area (Å²) < 4.78 is 23.2. The predicted molar refractivity (Wildman–Crippen MR) is 120 cm³/mol. The summed E-state index contributed by atoms with van der Waals surface area (Å²) in [5.74, 6) is 0. The number of phosphoric ester groups is 1. The van der Waals surface area contributed by atoms with Gasteiger partial charge in [0.05, 0.1) is 26.2 Å². The van der Waals surface area contributed by atoms with Crippen LogP contribution < -0.4 is 0 Å². The van der Waals surface area contributed by atoms with Crippen LogP contribution in [0.5, 0.6) is 0 Å². The van der Waals surface area contributed by atoms with Gasteiger partial charge in [0.15, 0.2) is 0 Å². The summed E-state index contributed by atoms with van der Waals surface area (Å²) in [6.07, 6.45) is 15.2. The number of likely N-dealkylation sites (N-methyl/N-ethyl adjacent to an activating group) is 1. The summed E-state index contributed by atoms with van der Waals surface area (Å²) in [6, 6.07) is 0. The molecule has 0 amide bonds. The molecule has 170 valence electrons. The molecular weight excluding hydrogens is 373 g/mol. The van der Waals surface area contributed by atoms with Crippen LogP contribution in [0, 0.1) is 0 Å². The predicted octanol–water partition coefficient (Wildman–Crippen LogP) is 6.70. The highest BCUT2D eigenvalue weighted by atomic mass is 31.2. The first kappa shape index (κ1) is 28.1. The average molecular weight is 423 g/mol. The summed E-state index contributed by atoms with van der Waals surface area (Å²) in [7, 11) is -3.90. The van der Waals surface area contributed by atoms with Gasteiger partial charge in [-0.15, -0.1) is 0 Å². The van der Waals surface area contributed by atoms with Gasteiger partial charge in [0.25, 0.3) is 0 Å². The molecule has 28 heavy (non-hydrogen) atoms. The van der Waals surface area contributed by atoms with E-state index in [1.54, 1.807) is 0 Å². The van der Waals surface area contributed by atoms with Gasteiger partial charge in [-0.25, -0.2) is 4.57 Å². The monoisotopic (exact) mass is 422 g/mol. The van der Waals surface area contributed by atoms with Crippen LogP contribution in [-0.4, -0.2) is 48.8 Å². The maximum Gasteiger partial charge on any atom is 0.472 e. The highest BCUT2D eigenvalue weighted by molar-refractivity contribution is 7.47. The van der Waals surface area contributed by atoms with Crippen molar-refractivity contribution < 1.29 is 23.0 Å². The Labute approximate surface area is 175 Å². The first-order chi connectivity index (χ1) is 13.4. The summed E-state index contributed by atoms with van der Waals surface area (Å²) in [6.45, 7) is 13.0. The van der Waals surface area contributed by atoms with E-state index >= 15 is 0 Å². The molecule has 0 saturated heterocycles. The lowest BCUT2D eigenvalue weighted by Crippen LogP contribution is -2.49. The molecule has 0 saturated carbocycles. The number of unbranched alkanes of at least 4 members (excludes halogenated alkanes) is 11. The molecule has 0 rings (SSSR count). The molecule has 1 atom stereocenters. The van der Waals surface area contributed by atoms with Crippen LogP contribution in [0.2, 0.25) is 0 Å². The fourth-order valence-corrected chi connectivity index (χ4v) is 4.40. The first-order valence-corrected chi connectivity index (χ1v) is 13.4. The van der Waals surface area contributed by atoms with E-state index in [0.717, 1.165) is 43.5 Å². The molecule has 0 aliphatic rings. The zero-order valence-electron chi connectivity index (χ0n) is 19.3. The fraction of sp³-hybridized carbons (Fsp3) is 1.00. The molecular formula is C22H49NO4P+. The Morgan fingerprint density at radius 3 is 1.46 bits per heavy atom. The van der Waals surface area contributed by atoms with E-state index in [-0.39, 0.29) is 6.61 Å². The SMILES string of the molecule is CCCCCCCCCCCCCCOP(=O)(O)OCC[N+](CC)(CC)CC. The van der Waals surface area contributed by atoms with Gasteiger partial charge in [-0.3, -0.25) is 9.05 Å². The molecule has 5 nitrogen and oxygen atoms in total. The van der Waals surface area contributed by atoms with E-state index in [9.17, 15) is 9.46 Å². The van der Waals surface area contributed by atoms with E-state index < -0.39 is 7.82 Å². The topological polar surface area (TPSA) is 55.8 Å². The molecule has 0 heterocycles. The van der Waals surface area contributed by atoms with Crippen LogP contribution in [0.25, 0.3) is 0 Å². The first-order valence-electron chi connectivity index (χ1n) is 11.9. The molecule has 0 aromatic heterocycles. The van der Waals surface area contributed by atoms with Crippen molar-refractivity contribution in [3.63, 3.8) is 0 Å². The Morgan fingerprint density at radius 2 is 1.04 bits per heavy atom. The summed E-state index contributed by atoms with van der Waals surface area (Å²) in [4.78, 5) is 9.81. The van der Waals surface area contributed by atoms with Crippen LogP contribution in [-0.2, 0) is 13.6 Å². The zero-order chi connectivity index (χ0) is 21.1. The Hall–Kier alpha value is 0.0700. The Morgan fingerprint density at radius 1 is 0.643 bits per heavy atom. The van der Waals surface area contributed by atoms with Crippen LogP contribution >= 0.6 is 7.82 Å². The van der Waals surface area contributed by atoms with Crippen LogP contribution in [0.4, 0.5) is 0 Å². The van der Waals surface area contributed by atoms with Crippen molar-refractivity contribution in [1.82, 2.24) is 0 Å². The maximum absolute atomic E-state index is 12.0. The van der Waals surface area contributed by atoms with Gasteiger partial charge in [0, 0.05) is 0 Å². The summed E-state index contributed by atoms with van der Waals surface area (Å²) in [5.41, 5.74) is 0. The minimum absolute atomic E-state index is 0.266. The normalized spacial score (nSPS) is 14.3. The standard InChI is InChI=1S/C22H48NO4P/c1-5-9-10-11-12-13-14-15-16-17-18-19-21-26-28(24,25)27-22-20-23(6-2,7-3)8-4/h5-22H2,1-4H3/p+1. The number of rotatable bonds is 21. The number of hydrogen-bond acceptors (Lipinski definition) is 3. The molecule has 1 N–H and O–H groups in total. The van der Waals surface area contributed by atoms with Crippen molar-refractivity contribution in [2.45, 2.75) is 105 Å². The molecule has 6 heteroatoms. The molecule has 0 aromatic rings. The highest BCUT2D eigenvalue weighted by Gasteiger charge is 2.25. The largest absolute Gasteiger partial charge is 0.472 e. The van der Waals surface area contributed by atoms with Gasteiger partial charge in [-0.2, -0.15) is 0 Å². The molecule has 0 aromatic carbocycles. The number of quaternary nitrogens is 1. The number of phosphoric acid groups is 1. The molecule has 0 radical (unpaired) electrons. The minimum Gasteiger partial charge on any atom is -0.322 e. The third kappa shape index (κ3) is 15.0. The fourth-order valence-electron chi connectivity index (χ4n) is 3.66. The summed E-state index contributed by atoms with van der Waals surface area (Å²) >= 11 is 0. The zero-order valence-corrected chi connectivity index (χ0v) is 20.2. The third-order valence-corrected chi connectivity index (χ3v) is 7.10. The lowest BCUT2D eigenvalue weighted by Gasteiger charge is -2.35. The van der Waals surface area contributed by atoms with Crippen molar-refractivity contribution in [3.05, 3.63) is 0 Å². The summed E-state index contributed by atoms with van der Waals surface area (Å²) in [5, 5.41) is 0. The molecule has 0 fully saturated rings. The van der Waals surface area contributed by atoms with Gasteiger partial charge < -0.3 is 9.38 Å². The van der Waals surface area contributed by atoms with Gasteiger partial charge >= 0.3 is 7.82 Å². The van der Waals surface area contributed by atoms with E-state index in [1.165, 1.54) is 64.2 Å². The second-order valence-electron chi connectivity index (χ2n) is 8.04. The van der Waals surface area contributed by atoms with Crippen molar-refractivity contribution in [2.24, 2.45) is 0 Å². The molecule has 0 aliphatic heterocycles. The van der Waals surface area contributed by atoms with E-state index in [2.05, 4.69) is 27.7 Å². The third-order valence-electron chi connectivity index (χ3n) is 6.08. The van der Waals surface area contributed by atoms with E-state index in [1.807, 2.05) is 0 Å². The van der Waals surface area contributed by atoms with Crippen molar-refractivity contribution >= 4 is 7.82 Å². The smallest absolute Gasteiger partial charge is 0.322 e.